The second kappa shape index (κ2) is 4.90. The molecule has 2 heterocycles. The Kier molecular flexibility index (Phi) is 3.27. The van der Waals surface area contributed by atoms with Crippen molar-refractivity contribution in [2.24, 2.45) is 0 Å². The molecule has 1 saturated heterocycles. The van der Waals surface area contributed by atoms with E-state index in [2.05, 4.69) is 42.3 Å². The number of ether oxygens (including phenoxy) is 1. The van der Waals surface area contributed by atoms with E-state index in [-0.39, 0.29) is 0 Å². The highest BCUT2D eigenvalue weighted by Crippen LogP contribution is 2.29. The van der Waals surface area contributed by atoms with Gasteiger partial charge in [0.05, 0.1) is 0 Å². The van der Waals surface area contributed by atoms with Gasteiger partial charge in [0.25, 0.3) is 0 Å². The number of piperazine rings is 1. The van der Waals surface area contributed by atoms with Gasteiger partial charge in [-0.1, -0.05) is 17.7 Å². The number of hydrogen-bond acceptors (Lipinski definition) is 3. The van der Waals surface area contributed by atoms with E-state index in [1.54, 1.807) is 0 Å². The molecule has 2 aliphatic rings. The highest BCUT2D eigenvalue weighted by molar-refractivity contribution is 5.40. The number of hydrogen-bond donors (Lipinski definition) is 1. The number of nitrogens with zero attached hydrogens (tertiary/aromatic N) is 1. The van der Waals surface area contributed by atoms with Crippen LogP contribution < -0.4 is 10.1 Å². The summed E-state index contributed by atoms with van der Waals surface area (Å²) in [4.78, 5) is 2.52. The van der Waals surface area contributed by atoms with Crippen LogP contribution in [0.2, 0.25) is 0 Å². The molecule has 1 aromatic carbocycles. The molecule has 0 spiro atoms. The Bertz CT molecular complexity index is 433. The van der Waals surface area contributed by atoms with Crippen LogP contribution in [0.1, 0.15) is 18.1 Å². The van der Waals surface area contributed by atoms with Gasteiger partial charge in [-0.15, -0.1) is 0 Å². The predicted octanol–water partition coefficient (Wildman–Crippen LogP) is 1.59. The van der Waals surface area contributed by atoms with Crippen LogP contribution in [-0.2, 0) is 6.42 Å². The van der Waals surface area contributed by atoms with Gasteiger partial charge in [0.1, 0.15) is 11.9 Å². The number of aryl methyl sites for hydroxylation is 1. The Labute approximate surface area is 109 Å². The quantitative estimate of drug-likeness (QED) is 0.857. The van der Waals surface area contributed by atoms with Gasteiger partial charge < -0.3 is 10.1 Å². The smallest absolute Gasteiger partial charge is 0.123 e. The molecule has 1 aromatic rings. The molecular weight excluding hydrogens is 224 g/mol. The van der Waals surface area contributed by atoms with Gasteiger partial charge in [-0.05, 0) is 25.5 Å². The fourth-order valence-electron chi connectivity index (χ4n) is 3.02. The summed E-state index contributed by atoms with van der Waals surface area (Å²) in [5.74, 6) is 1.09. The molecule has 0 bridgehead atoms. The zero-order chi connectivity index (χ0) is 12.5. The van der Waals surface area contributed by atoms with Crippen LogP contribution in [0.25, 0.3) is 0 Å². The van der Waals surface area contributed by atoms with E-state index in [1.807, 2.05) is 0 Å². The van der Waals surface area contributed by atoms with E-state index in [0.29, 0.717) is 12.1 Å². The fraction of sp³-hybridized carbons (Fsp3) is 0.600. The van der Waals surface area contributed by atoms with E-state index in [0.717, 1.165) is 38.3 Å². The molecule has 98 valence electrons. The molecule has 3 heteroatoms. The maximum absolute atomic E-state index is 6.04. The van der Waals surface area contributed by atoms with Crippen LogP contribution in [0.5, 0.6) is 5.75 Å². The van der Waals surface area contributed by atoms with Crippen molar-refractivity contribution in [2.45, 2.75) is 32.4 Å². The van der Waals surface area contributed by atoms with Crippen molar-refractivity contribution in [2.75, 3.05) is 26.2 Å². The third-order valence-electron chi connectivity index (χ3n) is 3.87. The van der Waals surface area contributed by atoms with Crippen LogP contribution in [0.3, 0.4) is 0 Å². The average molecular weight is 246 g/mol. The number of fused-ring (bicyclic) bond motifs is 1. The molecule has 2 aliphatic heterocycles. The average Bonchev–Trinajstić information content (AvgIpc) is 2.70. The maximum Gasteiger partial charge on any atom is 0.123 e. The van der Waals surface area contributed by atoms with Gasteiger partial charge in [0, 0.05) is 38.6 Å². The lowest BCUT2D eigenvalue weighted by atomic mass is 10.1. The maximum atomic E-state index is 6.04. The van der Waals surface area contributed by atoms with Crippen molar-refractivity contribution in [1.82, 2.24) is 10.2 Å². The summed E-state index contributed by atoms with van der Waals surface area (Å²) in [5.41, 5.74) is 2.71. The summed E-state index contributed by atoms with van der Waals surface area (Å²) in [6, 6.07) is 7.11. The molecule has 2 atom stereocenters. The van der Waals surface area contributed by atoms with Gasteiger partial charge in [-0.25, -0.2) is 0 Å². The van der Waals surface area contributed by atoms with Crippen molar-refractivity contribution >= 4 is 0 Å². The van der Waals surface area contributed by atoms with E-state index < -0.39 is 0 Å². The third kappa shape index (κ3) is 2.52. The van der Waals surface area contributed by atoms with Crippen molar-refractivity contribution in [3.63, 3.8) is 0 Å². The fourth-order valence-corrected chi connectivity index (χ4v) is 3.02. The van der Waals surface area contributed by atoms with Crippen LogP contribution in [-0.4, -0.2) is 43.2 Å². The standard InChI is InChI=1S/C15H22N2O/c1-11-3-4-15-13(7-11)8-14(18-15)10-17-6-5-16-12(2)9-17/h3-4,7,12,14,16H,5-6,8-10H2,1-2H3/t12-,14?/m1/s1. The van der Waals surface area contributed by atoms with Gasteiger partial charge in [0.2, 0.25) is 0 Å². The first kappa shape index (κ1) is 12.0. The van der Waals surface area contributed by atoms with Gasteiger partial charge in [-0.3, -0.25) is 4.90 Å². The first-order valence-electron chi connectivity index (χ1n) is 6.92. The molecule has 0 saturated carbocycles. The summed E-state index contributed by atoms with van der Waals surface area (Å²) in [5, 5.41) is 3.48. The van der Waals surface area contributed by atoms with Gasteiger partial charge in [-0.2, -0.15) is 0 Å². The minimum Gasteiger partial charge on any atom is -0.488 e. The molecule has 3 rings (SSSR count). The zero-order valence-electron chi connectivity index (χ0n) is 11.3. The predicted molar refractivity (Wildman–Crippen MR) is 73.2 cm³/mol. The van der Waals surface area contributed by atoms with Crippen molar-refractivity contribution in [3.8, 4) is 5.75 Å². The van der Waals surface area contributed by atoms with Gasteiger partial charge >= 0.3 is 0 Å². The topological polar surface area (TPSA) is 24.5 Å². The van der Waals surface area contributed by atoms with Crippen molar-refractivity contribution < 1.29 is 4.74 Å². The van der Waals surface area contributed by atoms with E-state index in [4.69, 9.17) is 4.74 Å². The normalized spacial score (nSPS) is 27.9. The SMILES string of the molecule is Cc1ccc2c(c1)CC(CN1CCN[C@H](C)C1)O2. The molecule has 0 amide bonds. The molecular formula is C15H22N2O. The van der Waals surface area contributed by atoms with E-state index >= 15 is 0 Å². The lowest BCUT2D eigenvalue weighted by Gasteiger charge is -2.33. The summed E-state index contributed by atoms with van der Waals surface area (Å²) in [6.07, 6.45) is 1.40. The third-order valence-corrected chi connectivity index (χ3v) is 3.87. The van der Waals surface area contributed by atoms with Crippen LogP contribution >= 0.6 is 0 Å². The molecule has 3 nitrogen and oxygen atoms in total. The first-order valence-corrected chi connectivity index (χ1v) is 6.92. The molecule has 0 aromatic heterocycles. The summed E-state index contributed by atoms with van der Waals surface area (Å²) in [6.45, 7) is 8.82. The largest absolute Gasteiger partial charge is 0.488 e. The Morgan fingerprint density at radius 2 is 2.33 bits per heavy atom. The highest BCUT2D eigenvalue weighted by Gasteiger charge is 2.26. The minimum absolute atomic E-state index is 0.340. The summed E-state index contributed by atoms with van der Waals surface area (Å²) < 4.78 is 6.04. The van der Waals surface area contributed by atoms with Crippen molar-refractivity contribution in [1.29, 1.82) is 0 Å². The number of rotatable bonds is 2. The lowest BCUT2D eigenvalue weighted by molar-refractivity contribution is 0.126. The number of nitrogens with one attached hydrogen (secondary N) is 1. The summed E-state index contributed by atoms with van der Waals surface area (Å²) in [7, 11) is 0. The molecule has 1 unspecified atom stereocenters. The molecule has 1 N–H and O–H groups in total. The minimum atomic E-state index is 0.340. The molecule has 1 fully saturated rings. The Morgan fingerprint density at radius 1 is 1.44 bits per heavy atom. The second-order valence-electron chi connectivity index (χ2n) is 5.67. The van der Waals surface area contributed by atoms with Crippen LogP contribution in [0.15, 0.2) is 18.2 Å². The summed E-state index contributed by atoms with van der Waals surface area (Å²) >= 11 is 0. The monoisotopic (exact) mass is 246 g/mol. The molecule has 18 heavy (non-hydrogen) atoms. The zero-order valence-corrected chi connectivity index (χ0v) is 11.3. The van der Waals surface area contributed by atoms with Crippen LogP contribution in [0, 0.1) is 6.92 Å². The van der Waals surface area contributed by atoms with Gasteiger partial charge in [0.15, 0.2) is 0 Å². The highest BCUT2D eigenvalue weighted by atomic mass is 16.5. The first-order chi connectivity index (χ1) is 8.70. The molecule has 0 aliphatic carbocycles. The molecule has 0 radical (unpaired) electrons. The second-order valence-corrected chi connectivity index (χ2v) is 5.67. The van der Waals surface area contributed by atoms with E-state index in [1.165, 1.54) is 11.1 Å². The van der Waals surface area contributed by atoms with E-state index in [9.17, 15) is 0 Å². The van der Waals surface area contributed by atoms with Crippen molar-refractivity contribution in [3.05, 3.63) is 29.3 Å². The lowest BCUT2D eigenvalue weighted by Crippen LogP contribution is -2.51. The Morgan fingerprint density at radius 3 is 3.17 bits per heavy atom. The Hall–Kier alpha value is -1.06. The number of benzene rings is 1. The van der Waals surface area contributed by atoms with Crippen LogP contribution in [0.4, 0.5) is 0 Å². The Balaban J connectivity index is 1.60.